The molecule has 5 rings (SSSR count). The molecule has 4 aromatic rings. The summed E-state index contributed by atoms with van der Waals surface area (Å²) in [5, 5.41) is 12.5. The van der Waals surface area contributed by atoms with Crippen molar-refractivity contribution in [2.45, 2.75) is 0 Å². The smallest absolute Gasteiger partial charge is 0.259 e. The summed E-state index contributed by atoms with van der Waals surface area (Å²) in [5.74, 6) is 1.32. The molecule has 0 amide bonds. The van der Waals surface area contributed by atoms with Gasteiger partial charge in [0.1, 0.15) is 12.3 Å². The van der Waals surface area contributed by atoms with Gasteiger partial charge in [-0.15, -0.1) is 10.2 Å². The van der Waals surface area contributed by atoms with Crippen LogP contribution in [-0.4, -0.2) is 75.8 Å². The Morgan fingerprint density at radius 2 is 1.82 bits per heavy atom. The van der Waals surface area contributed by atoms with E-state index in [2.05, 4.69) is 25.5 Å². The fourth-order valence-electron chi connectivity index (χ4n) is 4.07. The third kappa shape index (κ3) is 5.73. The molecule has 0 radical (unpaired) electrons. The van der Waals surface area contributed by atoms with Crippen molar-refractivity contribution < 1.29 is 13.2 Å². The normalized spacial score (nSPS) is 15.4. The summed E-state index contributed by atoms with van der Waals surface area (Å²) in [6.45, 7) is 1.98. The molecule has 0 atom stereocenters. The first-order chi connectivity index (χ1) is 18.2. The average Bonchev–Trinajstić information content (AvgIpc) is 2.89. The van der Waals surface area contributed by atoms with Gasteiger partial charge in [-0.1, -0.05) is 29.3 Å². The van der Waals surface area contributed by atoms with E-state index in [9.17, 15) is 13.2 Å². The number of nitrogens with zero attached hydrogens (tertiary/aromatic N) is 6. The maximum atomic E-state index is 13.1. The number of rotatable bonds is 7. The second-order valence-electron chi connectivity index (χ2n) is 8.72. The molecule has 0 unspecified atom stereocenters. The van der Waals surface area contributed by atoms with Gasteiger partial charge in [0.2, 0.25) is 11.8 Å². The van der Waals surface area contributed by atoms with Gasteiger partial charge < -0.3 is 10.1 Å². The van der Waals surface area contributed by atoms with E-state index in [1.54, 1.807) is 49.6 Å². The van der Waals surface area contributed by atoms with Gasteiger partial charge in [0.05, 0.1) is 27.1 Å². The van der Waals surface area contributed by atoms with Crippen molar-refractivity contribution >= 4 is 55.8 Å². The summed E-state index contributed by atoms with van der Waals surface area (Å²) in [6.07, 6.45) is 1.59. The molecule has 4 heterocycles. The van der Waals surface area contributed by atoms with Crippen molar-refractivity contribution in [2.24, 2.45) is 7.05 Å². The Hall–Kier alpha value is -3.32. The van der Waals surface area contributed by atoms with Crippen molar-refractivity contribution in [3.8, 4) is 17.0 Å². The standard InChI is InChI=1S/C24H23Cl2N7O4S/c1-32-22-15(13-16(23(32)34)21-17(25)3-2-4-18(21)26)14-27-24(29-22)28-19-5-6-20(31-30-19)37-10-7-33-8-11-38(35,36)12-9-33/h2-6,13-14H,7-12H2,1H3,(H,27,28,29,30). The van der Waals surface area contributed by atoms with Crippen LogP contribution in [0.1, 0.15) is 0 Å². The van der Waals surface area contributed by atoms with Gasteiger partial charge >= 0.3 is 0 Å². The highest BCUT2D eigenvalue weighted by atomic mass is 35.5. The van der Waals surface area contributed by atoms with E-state index >= 15 is 0 Å². The number of nitrogens with one attached hydrogen (secondary N) is 1. The van der Waals surface area contributed by atoms with E-state index in [0.29, 0.717) is 70.1 Å². The maximum Gasteiger partial charge on any atom is 0.259 e. The molecule has 1 fully saturated rings. The van der Waals surface area contributed by atoms with E-state index < -0.39 is 9.84 Å². The van der Waals surface area contributed by atoms with Gasteiger partial charge in [0.15, 0.2) is 15.7 Å². The summed E-state index contributed by atoms with van der Waals surface area (Å²) in [7, 11) is -1.29. The van der Waals surface area contributed by atoms with Crippen molar-refractivity contribution in [1.29, 1.82) is 0 Å². The third-order valence-electron chi connectivity index (χ3n) is 6.16. The predicted octanol–water partition coefficient (Wildman–Crippen LogP) is 2.95. The monoisotopic (exact) mass is 575 g/mol. The molecule has 14 heteroatoms. The van der Waals surface area contributed by atoms with Crippen LogP contribution in [0.5, 0.6) is 5.88 Å². The summed E-state index contributed by atoms with van der Waals surface area (Å²) in [6, 6.07) is 10.1. The molecular formula is C24H23Cl2N7O4S. The molecule has 1 aromatic carbocycles. The van der Waals surface area contributed by atoms with Gasteiger partial charge in [-0.25, -0.2) is 13.4 Å². The zero-order valence-electron chi connectivity index (χ0n) is 20.3. The molecule has 0 bridgehead atoms. The van der Waals surface area contributed by atoms with Gasteiger partial charge in [-0.05, 0) is 24.3 Å². The minimum atomic E-state index is -2.91. The fraction of sp³-hybridized carbons (Fsp3) is 0.292. The van der Waals surface area contributed by atoms with Crippen LogP contribution >= 0.6 is 23.2 Å². The molecule has 1 N–H and O–H groups in total. The Kier molecular flexibility index (Phi) is 7.48. The van der Waals surface area contributed by atoms with Crippen molar-refractivity contribution in [2.75, 3.05) is 43.1 Å². The topological polar surface area (TPSA) is 132 Å². The third-order valence-corrected chi connectivity index (χ3v) is 8.39. The SMILES string of the molecule is Cn1c(=O)c(-c2c(Cl)cccc2Cl)cc2cnc(Nc3ccc(OCCN4CCS(=O)(=O)CC4)nn3)nc21. The summed E-state index contributed by atoms with van der Waals surface area (Å²) in [5.41, 5.74) is 0.927. The van der Waals surface area contributed by atoms with E-state index in [0.717, 1.165) is 0 Å². The van der Waals surface area contributed by atoms with Crippen LogP contribution in [0, 0.1) is 0 Å². The highest BCUT2D eigenvalue weighted by Gasteiger charge is 2.21. The molecule has 0 aliphatic carbocycles. The van der Waals surface area contributed by atoms with Crippen LogP contribution in [0.25, 0.3) is 22.2 Å². The molecule has 0 spiro atoms. The number of fused-ring (bicyclic) bond motifs is 1. The number of hydrogen-bond donors (Lipinski definition) is 1. The lowest BCUT2D eigenvalue weighted by Crippen LogP contribution is -2.42. The number of hydrogen-bond acceptors (Lipinski definition) is 10. The lowest BCUT2D eigenvalue weighted by Gasteiger charge is -2.26. The van der Waals surface area contributed by atoms with E-state index in [4.69, 9.17) is 27.9 Å². The zero-order chi connectivity index (χ0) is 26.9. The average molecular weight is 576 g/mol. The number of pyridine rings is 1. The van der Waals surface area contributed by atoms with Gasteiger partial charge in [-0.2, -0.15) is 4.98 Å². The number of aryl methyl sites for hydroxylation is 1. The first-order valence-corrected chi connectivity index (χ1v) is 14.3. The van der Waals surface area contributed by atoms with E-state index in [1.165, 1.54) is 4.57 Å². The number of halogens is 2. The molecule has 38 heavy (non-hydrogen) atoms. The van der Waals surface area contributed by atoms with Crippen LogP contribution in [0.4, 0.5) is 11.8 Å². The fourth-order valence-corrected chi connectivity index (χ4v) is 5.95. The quantitative estimate of drug-likeness (QED) is 0.350. The Morgan fingerprint density at radius 1 is 1.08 bits per heavy atom. The van der Waals surface area contributed by atoms with Crippen molar-refractivity contribution in [3.63, 3.8) is 0 Å². The largest absolute Gasteiger partial charge is 0.475 e. The molecule has 198 valence electrons. The molecule has 1 aliphatic rings. The number of benzene rings is 1. The van der Waals surface area contributed by atoms with Gasteiger partial charge in [0.25, 0.3) is 5.56 Å². The Bertz CT molecular complexity index is 1630. The lowest BCUT2D eigenvalue weighted by atomic mass is 10.1. The Morgan fingerprint density at radius 3 is 2.50 bits per heavy atom. The van der Waals surface area contributed by atoms with Gasteiger partial charge in [-0.3, -0.25) is 14.3 Å². The number of anilines is 2. The molecular weight excluding hydrogens is 553 g/mol. The highest BCUT2D eigenvalue weighted by molar-refractivity contribution is 7.91. The maximum absolute atomic E-state index is 13.1. The Balaban J connectivity index is 1.26. The first-order valence-electron chi connectivity index (χ1n) is 11.7. The molecule has 1 aliphatic heterocycles. The zero-order valence-corrected chi connectivity index (χ0v) is 22.6. The summed E-state index contributed by atoms with van der Waals surface area (Å²) < 4.78 is 30.1. The van der Waals surface area contributed by atoms with E-state index in [-0.39, 0.29) is 23.0 Å². The second kappa shape index (κ2) is 10.8. The highest BCUT2D eigenvalue weighted by Crippen LogP contribution is 2.33. The molecule has 3 aromatic heterocycles. The van der Waals surface area contributed by atoms with E-state index in [1.807, 2.05) is 4.90 Å². The second-order valence-corrected chi connectivity index (χ2v) is 11.8. The van der Waals surface area contributed by atoms with Gasteiger partial charge in [0, 0.05) is 49.9 Å². The predicted molar refractivity (Wildman–Crippen MR) is 146 cm³/mol. The van der Waals surface area contributed by atoms with Crippen LogP contribution in [0.15, 0.2) is 47.4 Å². The number of ether oxygens (including phenoxy) is 1. The number of sulfone groups is 1. The first kappa shape index (κ1) is 26.3. The minimum absolute atomic E-state index is 0.176. The van der Waals surface area contributed by atoms with Crippen LogP contribution in [0.2, 0.25) is 10.0 Å². The van der Waals surface area contributed by atoms with Crippen LogP contribution in [-0.2, 0) is 16.9 Å². The summed E-state index contributed by atoms with van der Waals surface area (Å²) >= 11 is 12.6. The lowest BCUT2D eigenvalue weighted by molar-refractivity contribution is 0.214. The Labute approximate surface area is 228 Å². The minimum Gasteiger partial charge on any atom is -0.475 e. The van der Waals surface area contributed by atoms with Crippen LogP contribution < -0.4 is 15.6 Å². The molecule has 1 saturated heterocycles. The van der Waals surface area contributed by atoms with Crippen LogP contribution in [0.3, 0.4) is 0 Å². The van der Waals surface area contributed by atoms with Crippen molar-refractivity contribution in [3.05, 3.63) is 63.0 Å². The van der Waals surface area contributed by atoms with Crippen molar-refractivity contribution in [1.82, 2.24) is 29.6 Å². The molecule has 0 saturated carbocycles. The number of aromatic nitrogens is 5. The summed E-state index contributed by atoms with van der Waals surface area (Å²) in [4.78, 5) is 24.0. The molecule has 11 nitrogen and oxygen atoms in total.